The number of rotatable bonds is 4. The van der Waals surface area contributed by atoms with Crippen LogP contribution in [0.4, 0.5) is 0 Å². The van der Waals surface area contributed by atoms with E-state index in [1.165, 1.54) is 0 Å². The quantitative estimate of drug-likeness (QED) is 0.787. The minimum absolute atomic E-state index is 0.126. The van der Waals surface area contributed by atoms with Crippen molar-refractivity contribution in [2.45, 2.75) is 51.0 Å². The maximum absolute atomic E-state index is 12.7. The van der Waals surface area contributed by atoms with E-state index in [0.717, 1.165) is 11.3 Å². The molecule has 0 saturated heterocycles. The predicted molar refractivity (Wildman–Crippen MR) is 89.7 cm³/mol. The van der Waals surface area contributed by atoms with Crippen LogP contribution in [0.3, 0.4) is 0 Å². The molecule has 1 aromatic carbocycles. The van der Waals surface area contributed by atoms with Gasteiger partial charge < -0.3 is 15.5 Å². The van der Waals surface area contributed by atoms with Crippen LogP contribution in [0.15, 0.2) is 36.4 Å². The van der Waals surface area contributed by atoms with Gasteiger partial charge >= 0.3 is 0 Å². The van der Waals surface area contributed by atoms with Gasteiger partial charge in [0, 0.05) is 12.5 Å². The van der Waals surface area contributed by atoms with E-state index in [2.05, 4.69) is 10.4 Å². The van der Waals surface area contributed by atoms with Gasteiger partial charge in [-0.05, 0) is 31.9 Å². The Morgan fingerprint density at radius 3 is 2.71 bits per heavy atom. The first-order valence-electron chi connectivity index (χ1n) is 8.27. The van der Waals surface area contributed by atoms with Gasteiger partial charge in [0.05, 0.1) is 17.8 Å². The minimum Gasteiger partial charge on any atom is -0.390 e. The van der Waals surface area contributed by atoms with Gasteiger partial charge in [0.2, 0.25) is 0 Å². The topological polar surface area (TPSA) is 87.4 Å². The molecule has 3 rings (SSSR count). The molecule has 1 aliphatic rings. The fourth-order valence-electron chi connectivity index (χ4n) is 3.45. The van der Waals surface area contributed by atoms with E-state index in [4.69, 9.17) is 0 Å². The number of carbonyl (C=O) groups excluding carboxylic acids is 1. The lowest BCUT2D eigenvalue weighted by Gasteiger charge is -2.24. The van der Waals surface area contributed by atoms with Crippen LogP contribution in [0.2, 0.25) is 0 Å². The van der Waals surface area contributed by atoms with E-state index in [9.17, 15) is 15.0 Å². The number of aliphatic hydroxyl groups excluding tert-OH is 2. The number of amides is 1. The Kier molecular flexibility index (Phi) is 4.69. The molecule has 0 unspecified atom stereocenters. The molecule has 4 atom stereocenters. The molecule has 1 heterocycles. The van der Waals surface area contributed by atoms with Crippen LogP contribution in [0.1, 0.15) is 41.0 Å². The Bertz CT molecular complexity index is 714. The first kappa shape index (κ1) is 16.7. The summed E-state index contributed by atoms with van der Waals surface area (Å²) < 4.78 is 1.64. The molecule has 1 fully saturated rings. The molecule has 3 N–H and O–H groups in total. The number of hydrogen-bond donors (Lipinski definition) is 3. The lowest BCUT2D eigenvalue weighted by Crippen LogP contribution is -2.45. The maximum Gasteiger partial charge on any atom is 0.269 e. The number of hydrogen-bond acceptors (Lipinski definition) is 4. The summed E-state index contributed by atoms with van der Waals surface area (Å²) in [7, 11) is 0. The molecular formula is C18H23N3O3. The molecule has 0 radical (unpaired) electrons. The predicted octanol–water partition coefficient (Wildman–Crippen LogP) is 1.22. The van der Waals surface area contributed by atoms with Gasteiger partial charge in [0.25, 0.3) is 5.91 Å². The van der Waals surface area contributed by atoms with Gasteiger partial charge in [-0.3, -0.25) is 9.48 Å². The van der Waals surface area contributed by atoms with Crippen molar-refractivity contribution in [2.24, 2.45) is 0 Å². The van der Waals surface area contributed by atoms with Gasteiger partial charge in [0.15, 0.2) is 0 Å². The standard InChI is InChI=1S/C18H23N3O3/c1-3-21-14(9-11(2)20-21)18(24)19-16-13(10-15(22)17(16)23)12-7-5-4-6-8-12/h4-9,13,15-17,22-23H,3,10H2,1-2H3,(H,19,24)/t13-,15-,16-,17-/m1/s1. The van der Waals surface area contributed by atoms with Gasteiger partial charge in [-0.1, -0.05) is 30.3 Å². The van der Waals surface area contributed by atoms with Gasteiger partial charge in [-0.15, -0.1) is 0 Å². The van der Waals surface area contributed by atoms with E-state index < -0.39 is 18.2 Å². The Morgan fingerprint density at radius 2 is 2.04 bits per heavy atom. The van der Waals surface area contributed by atoms with Crippen molar-refractivity contribution in [3.8, 4) is 0 Å². The lowest BCUT2D eigenvalue weighted by molar-refractivity contribution is 0.0293. The normalized spacial score (nSPS) is 26.5. The lowest BCUT2D eigenvalue weighted by atomic mass is 9.93. The van der Waals surface area contributed by atoms with Crippen LogP contribution in [-0.4, -0.2) is 44.2 Å². The average Bonchev–Trinajstić information content (AvgIpc) is 3.10. The highest BCUT2D eigenvalue weighted by atomic mass is 16.3. The smallest absolute Gasteiger partial charge is 0.269 e. The summed E-state index contributed by atoms with van der Waals surface area (Å²) in [4.78, 5) is 12.7. The van der Waals surface area contributed by atoms with Gasteiger partial charge in [0.1, 0.15) is 11.8 Å². The van der Waals surface area contributed by atoms with E-state index in [1.807, 2.05) is 44.2 Å². The fraction of sp³-hybridized carbons (Fsp3) is 0.444. The zero-order valence-electron chi connectivity index (χ0n) is 13.9. The number of aliphatic hydroxyl groups is 2. The molecule has 1 saturated carbocycles. The number of benzene rings is 1. The zero-order valence-corrected chi connectivity index (χ0v) is 13.9. The van der Waals surface area contributed by atoms with E-state index in [1.54, 1.807) is 10.7 Å². The van der Waals surface area contributed by atoms with Crippen LogP contribution in [0, 0.1) is 6.92 Å². The number of aromatic nitrogens is 2. The van der Waals surface area contributed by atoms with E-state index in [-0.39, 0.29) is 11.8 Å². The third-order valence-electron chi connectivity index (χ3n) is 4.65. The first-order chi connectivity index (χ1) is 11.5. The molecule has 0 bridgehead atoms. The molecule has 0 aliphatic heterocycles. The van der Waals surface area contributed by atoms with Gasteiger partial charge in [-0.25, -0.2) is 0 Å². The van der Waals surface area contributed by atoms with E-state index in [0.29, 0.717) is 18.7 Å². The average molecular weight is 329 g/mol. The summed E-state index contributed by atoms with van der Waals surface area (Å²) in [6.45, 7) is 4.35. The summed E-state index contributed by atoms with van der Waals surface area (Å²) in [5.41, 5.74) is 2.24. The minimum atomic E-state index is -0.988. The molecule has 6 nitrogen and oxygen atoms in total. The molecular weight excluding hydrogens is 306 g/mol. The van der Waals surface area contributed by atoms with Crippen LogP contribution < -0.4 is 5.32 Å². The number of carbonyl (C=O) groups is 1. The Labute approximate surface area is 141 Å². The van der Waals surface area contributed by atoms with Crippen molar-refractivity contribution in [1.29, 1.82) is 0 Å². The van der Waals surface area contributed by atoms with Crippen LogP contribution in [0.25, 0.3) is 0 Å². The number of aryl methyl sites for hydroxylation is 2. The van der Waals surface area contributed by atoms with Crippen molar-refractivity contribution < 1.29 is 15.0 Å². The van der Waals surface area contributed by atoms with E-state index >= 15 is 0 Å². The molecule has 1 aromatic heterocycles. The van der Waals surface area contributed by atoms with Crippen molar-refractivity contribution in [2.75, 3.05) is 0 Å². The molecule has 1 aliphatic carbocycles. The third kappa shape index (κ3) is 3.07. The third-order valence-corrected chi connectivity index (χ3v) is 4.65. The van der Waals surface area contributed by atoms with Crippen molar-refractivity contribution in [3.05, 3.63) is 53.3 Å². The monoisotopic (exact) mass is 329 g/mol. The summed E-state index contributed by atoms with van der Waals surface area (Å²) in [5, 5.41) is 27.6. The molecule has 0 spiro atoms. The van der Waals surface area contributed by atoms with Crippen LogP contribution >= 0.6 is 0 Å². The Hall–Kier alpha value is -2.18. The van der Waals surface area contributed by atoms with Gasteiger partial charge in [-0.2, -0.15) is 5.10 Å². The van der Waals surface area contributed by atoms with Crippen molar-refractivity contribution in [3.63, 3.8) is 0 Å². The highest BCUT2D eigenvalue weighted by Crippen LogP contribution is 2.35. The summed E-state index contributed by atoms with van der Waals surface area (Å²) in [6, 6.07) is 10.9. The largest absolute Gasteiger partial charge is 0.390 e. The number of nitrogens with zero attached hydrogens (tertiary/aromatic N) is 2. The van der Waals surface area contributed by atoms with Crippen molar-refractivity contribution in [1.82, 2.24) is 15.1 Å². The summed E-state index contributed by atoms with van der Waals surface area (Å²) in [5.74, 6) is -0.407. The number of nitrogens with one attached hydrogen (secondary N) is 1. The first-order valence-corrected chi connectivity index (χ1v) is 8.27. The maximum atomic E-state index is 12.7. The Morgan fingerprint density at radius 1 is 1.33 bits per heavy atom. The second kappa shape index (κ2) is 6.75. The summed E-state index contributed by atoms with van der Waals surface area (Å²) >= 11 is 0. The molecule has 2 aromatic rings. The molecule has 128 valence electrons. The van der Waals surface area contributed by atoms with Crippen LogP contribution in [0.5, 0.6) is 0 Å². The second-order valence-electron chi connectivity index (χ2n) is 6.30. The van der Waals surface area contributed by atoms with Crippen LogP contribution in [-0.2, 0) is 6.54 Å². The molecule has 1 amide bonds. The fourth-order valence-corrected chi connectivity index (χ4v) is 3.45. The zero-order chi connectivity index (χ0) is 17.3. The van der Waals surface area contributed by atoms with Crippen molar-refractivity contribution >= 4 is 5.91 Å². The highest BCUT2D eigenvalue weighted by Gasteiger charge is 2.43. The highest BCUT2D eigenvalue weighted by molar-refractivity contribution is 5.93. The second-order valence-corrected chi connectivity index (χ2v) is 6.30. The summed E-state index contributed by atoms with van der Waals surface area (Å²) in [6.07, 6.45) is -1.42. The SMILES string of the molecule is CCn1nc(C)cc1C(=O)N[C@H]1[C@H](O)[C@H](O)C[C@@H]1c1ccccc1. The molecule has 6 heteroatoms. The molecule has 24 heavy (non-hydrogen) atoms. The Balaban J connectivity index is 1.84.